The topological polar surface area (TPSA) is 6.48 Å². The average molecular weight is 978 g/mol. The second-order valence-electron chi connectivity index (χ2n) is 28.7. The Bertz CT molecular complexity index is 3510. The van der Waals surface area contributed by atoms with E-state index >= 15 is 0 Å². The van der Waals surface area contributed by atoms with Crippen molar-refractivity contribution in [2.24, 2.45) is 0 Å². The van der Waals surface area contributed by atoms with Gasteiger partial charge in [-0.2, -0.15) is 0 Å². The fourth-order valence-corrected chi connectivity index (χ4v) is 13.2. The van der Waals surface area contributed by atoms with E-state index < -0.39 is 6.85 Å². The summed E-state index contributed by atoms with van der Waals surface area (Å²) >= 11 is 0. The second-order valence-corrected chi connectivity index (χ2v) is 28.7. The fraction of sp³-hybridized carbons (Fsp3) is 0.408. The van der Waals surface area contributed by atoms with Crippen LogP contribution in [0.5, 0.6) is 0 Å². The predicted octanol–water partition coefficient (Wildman–Crippen LogP) is 18.0. The van der Waals surface area contributed by atoms with Crippen molar-refractivity contribution < 1.29 is 4.11 Å². The molecule has 74 heavy (non-hydrogen) atoms. The van der Waals surface area contributed by atoms with Crippen molar-refractivity contribution in [3.8, 4) is 22.3 Å². The molecule has 7 aromatic carbocycles. The van der Waals surface area contributed by atoms with Gasteiger partial charge < -0.3 is 9.80 Å². The van der Waals surface area contributed by atoms with Crippen LogP contribution in [-0.2, 0) is 37.9 Å². The summed E-state index contributed by atoms with van der Waals surface area (Å²) in [6.07, 6.45) is 4.43. The molecule has 0 N–H and O–H groups in total. The zero-order valence-corrected chi connectivity index (χ0v) is 47.9. The van der Waals surface area contributed by atoms with Gasteiger partial charge in [-0.05, 0) is 197 Å². The maximum atomic E-state index is 9.30. The van der Waals surface area contributed by atoms with Crippen LogP contribution in [0.25, 0.3) is 22.3 Å². The maximum Gasteiger partial charge on any atom is 0.252 e. The number of aryl methyl sites for hydroxylation is 1. The summed E-state index contributed by atoms with van der Waals surface area (Å²) in [6, 6.07) is 48.7. The molecule has 3 heteroatoms. The third kappa shape index (κ3) is 8.21. The molecule has 2 aliphatic heterocycles. The molecule has 0 unspecified atom stereocenters. The number of rotatable bonds is 4. The van der Waals surface area contributed by atoms with E-state index in [1.165, 1.54) is 61.0 Å². The zero-order chi connectivity index (χ0) is 55.5. The molecular formula is C71H83BN2. The SMILES string of the molecule is [2H]C([2H])([2H])c1cc2c3c(c1)N(c1ccc(C(C)(C)C)cc1-c1ccc(-c4ccc(C(C)(C)C)cc4)cc1)c1ccc(C(C)(C)C)cc1B3c1cc3c(cc1N2c1ccc2c(c1)C(C)(C)CCC2(C)C)C(C)(C)CCC3(C)C. The molecule has 11 rings (SSSR count). The first-order valence-electron chi connectivity index (χ1n) is 29.3. The zero-order valence-electron chi connectivity index (χ0n) is 50.9. The van der Waals surface area contributed by atoms with Crippen LogP contribution in [-0.4, -0.2) is 6.71 Å². The Balaban J connectivity index is 1.23. The molecule has 2 heterocycles. The summed E-state index contributed by atoms with van der Waals surface area (Å²) < 4.78 is 27.9. The smallest absolute Gasteiger partial charge is 0.252 e. The summed E-state index contributed by atoms with van der Waals surface area (Å²) in [4.78, 5) is 4.93. The van der Waals surface area contributed by atoms with E-state index in [0.29, 0.717) is 5.56 Å². The van der Waals surface area contributed by atoms with E-state index in [1.54, 1.807) is 0 Å². The Morgan fingerprint density at radius 3 is 1.39 bits per heavy atom. The third-order valence-electron chi connectivity index (χ3n) is 18.4. The number of fused-ring (bicyclic) bond motifs is 6. The van der Waals surface area contributed by atoms with E-state index in [0.717, 1.165) is 76.4 Å². The van der Waals surface area contributed by atoms with Crippen LogP contribution in [0, 0.1) is 6.85 Å². The van der Waals surface area contributed by atoms with Gasteiger partial charge in [-0.25, -0.2) is 0 Å². The van der Waals surface area contributed by atoms with Gasteiger partial charge in [-0.3, -0.25) is 0 Å². The molecule has 0 saturated carbocycles. The van der Waals surface area contributed by atoms with E-state index in [2.05, 4.69) is 243 Å². The van der Waals surface area contributed by atoms with Crippen LogP contribution >= 0.6 is 0 Å². The highest BCUT2D eigenvalue weighted by molar-refractivity contribution is 7.00. The molecule has 0 saturated heterocycles. The Morgan fingerprint density at radius 1 is 0.392 bits per heavy atom. The minimum Gasteiger partial charge on any atom is -0.311 e. The number of anilines is 6. The van der Waals surface area contributed by atoms with E-state index in [4.69, 9.17) is 0 Å². The number of hydrogen-bond acceptors (Lipinski definition) is 2. The normalized spacial score (nSPS) is 18.8. The van der Waals surface area contributed by atoms with Crippen molar-refractivity contribution in [2.75, 3.05) is 9.80 Å². The van der Waals surface area contributed by atoms with E-state index in [-0.39, 0.29) is 44.6 Å². The molecule has 0 spiro atoms. The molecule has 4 aliphatic rings. The summed E-state index contributed by atoms with van der Waals surface area (Å²) in [7, 11) is 0. The number of nitrogens with zero attached hydrogens (tertiary/aromatic N) is 2. The van der Waals surface area contributed by atoms with Crippen molar-refractivity contribution in [2.45, 2.75) is 188 Å². The molecule has 0 fully saturated rings. The van der Waals surface area contributed by atoms with Crippen LogP contribution in [0.4, 0.5) is 34.1 Å². The Morgan fingerprint density at radius 2 is 0.838 bits per heavy atom. The lowest BCUT2D eigenvalue weighted by atomic mass is 9.33. The van der Waals surface area contributed by atoms with Crippen molar-refractivity contribution >= 4 is 57.2 Å². The summed E-state index contributed by atoms with van der Waals surface area (Å²) in [6.45, 7) is 37.4. The number of benzene rings is 7. The molecule has 0 atom stereocenters. The average Bonchev–Trinajstić information content (AvgIpc) is 3.49. The minimum absolute atomic E-state index is 0.0341. The second kappa shape index (κ2) is 16.6. The van der Waals surface area contributed by atoms with Gasteiger partial charge in [0.1, 0.15) is 0 Å². The van der Waals surface area contributed by atoms with E-state index in [9.17, 15) is 4.11 Å². The lowest BCUT2D eigenvalue weighted by molar-refractivity contribution is 0.332. The highest BCUT2D eigenvalue weighted by Crippen LogP contribution is 2.54. The third-order valence-corrected chi connectivity index (χ3v) is 18.4. The Labute approximate surface area is 451 Å². The van der Waals surface area contributed by atoms with Crippen molar-refractivity contribution in [1.82, 2.24) is 0 Å². The van der Waals surface area contributed by atoms with Crippen LogP contribution in [0.15, 0.2) is 127 Å². The van der Waals surface area contributed by atoms with Crippen LogP contribution in [0.1, 0.15) is 192 Å². The van der Waals surface area contributed by atoms with Crippen LogP contribution in [0.3, 0.4) is 0 Å². The first-order chi connectivity index (χ1) is 35.7. The summed E-state index contributed by atoms with van der Waals surface area (Å²) in [5.41, 5.74) is 24.0. The summed E-state index contributed by atoms with van der Waals surface area (Å²) in [5, 5.41) is 0. The maximum absolute atomic E-state index is 9.30. The molecular weight excluding hydrogens is 892 g/mol. The summed E-state index contributed by atoms with van der Waals surface area (Å²) in [5.74, 6) is 0. The standard InChI is InChI=1S/C71H83BN2/c1-44-37-62-64-63(38-44)74(59-31-27-49(66(5,6)7)39-52(59)47-21-19-45(20-22-47)46-23-25-48(26-24-46)65(2,3)4)60-32-28-50(67(8,9)10)40-57(60)72(64)58-42-55-56(71(17,18)36-35-70(55,15)16)43-61(58)73(62)51-29-30-53-54(41-51)69(13,14)34-33-68(53,11)12/h19-32,37-43H,33-36H2,1-18H3/i1D3. The van der Waals surface area contributed by atoms with Gasteiger partial charge in [0.2, 0.25) is 0 Å². The Hall–Kier alpha value is -5.80. The quantitative estimate of drug-likeness (QED) is 0.162. The van der Waals surface area contributed by atoms with Crippen molar-refractivity contribution in [3.05, 3.63) is 172 Å². The molecule has 2 aliphatic carbocycles. The van der Waals surface area contributed by atoms with Gasteiger partial charge >= 0.3 is 0 Å². The largest absolute Gasteiger partial charge is 0.311 e. The van der Waals surface area contributed by atoms with Crippen LogP contribution < -0.4 is 26.2 Å². The molecule has 380 valence electrons. The molecule has 2 nitrogen and oxygen atoms in total. The highest BCUT2D eigenvalue weighted by Gasteiger charge is 2.48. The predicted molar refractivity (Wildman–Crippen MR) is 323 cm³/mol. The lowest BCUT2D eigenvalue weighted by Crippen LogP contribution is -2.62. The lowest BCUT2D eigenvalue weighted by Gasteiger charge is -2.48. The Kier molecular flexibility index (Phi) is 10.5. The van der Waals surface area contributed by atoms with Gasteiger partial charge in [-0.15, -0.1) is 0 Å². The number of hydrogen-bond donors (Lipinski definition) is 0. The van der Waals surface area contributed by atoms with Gasteiger partial charge in [-0.1, -0.05) is 197 Å². The molecule has 7 aromatic rings. The van der Waals surface area contributed by atoms with Gasteiger partial charge in [0.15, 0.2) is 0 Å². The monoisotopic (exact) mass is 978 g/mol. The van der Waals surface area contributed by atoms with Gasteiger partial charge in [0.05, 0.1) is 5.69 Å². The minimum atomic E-state index is -2.39. The van der Waals surface area contributed by atoms with Gasteiger partial charge in [0.25, 0.3) is 6.71 Å². The molecule has 0 amide bonds. The van der Waals surface area contributed by atoms with Crippen molar-refractivity contribution in [3.63, 3.8) is 0 Å². The highest BCUT2D eigenvalue weighted by atomic mass is 15.2. The molecule has 0 bridgehead atoms. The van der Waals surface area contributed by atoms with E-state index in [1.807, 2.05) is 12.1 Å². The molecule has 0 aromatic heterocycles. The first kappa shape index (κ1) is 46.7. The van der Waals surface area contributed by atoms with Crippen LogP contribution in [0.2, 0.25) is 0 Å². The first-order valence-corrected chi connectivity index (χ1v) is 27.8. The fourth-order valence-electron chi connectivity index (χ4n) is 13.2. The van der Waals surface area contributed by atoms with Gasteiger partial charge in [0, 0.05) is 38.1 Å². The van der Waals surface area contributed by atoms with Crippen molar-refractivity contribution in [1.29, 1.82) is 0 Å². The molecule has 0 radical (unpaired) electrons.